The summed E-state index contributed by atoms with van der Waals surface area (Å²) in [7, 11) is -2.34. The summed E-state index contributed by atoms with van der Waals surface area (Å²) in [6.45, 7) is 3.45. The molecule has 2 aromatic carbocycles. The van der Waals surface area contributed by atoms with Crippen molar-refractivity contribution in [3.05, 3.63) is 78.2 Å². The SMILES string of the molecule is CP(C)(=O)c1ccc(-c2cc3c(C(=O)Nc4cccc(C(N)=O)c4)nccn3n2)cc1. The van der Waals surface area contributed by atoms with E-state index in [2.05, 4.69) is 15.4 Å². The highest BCUT2D eigenvalue weighted by atomic mass is 31.2. The van der Waals surface area contributed by atoms with Crippen LogP contribution in [-0.4, -0.2) is 39.7 Å². The third-order valence-corrected chi connectivity index (χ3v) is 6.34. The molecule has 156 valence electrons. The molecule has 0 fully saturated rings. The number of rotatable bonds is 5. The number of fused-ring (bicyclic) bond motifs is 1. The van der Waals surface area contributed by atoms with E-state index in [1.807, 2.05) is 24.3 Å². The highest BCUT2D eigenvalue weighted by Crippen LogP contribution is 2.35. The van der Waals surface area contributed by atoms with E-state index in [-0.39, 0.29) is 5.69 Å². The number of benzene rings is 2. The summed E-state index contributed by atoms with van der Waals surface area (Å²) in [6, 6.07) is 15.5. The van der Waals surface area contributed by atoms with E-state index in [1.165, 1.54) is 12.3 Å². The van der Waals surface area contributed by atoms with Crippen LogP contribution in [0.25, 0.3) is 16.8 Å². The third-order valence-electron chi connectivity index (χ3n) is 4.79. The first-order valence-electron chi connectivity index (χ1n) is 9.44. The molecule has 2 amide bonds. The van der Waals surface area contributed by atoms with Crippen molar-refractivity contribution >= 4 is 35.5 Å². The summed E-state index contributed by atoms with van der Waals surface area (Å²) in [4.78, 5) is 28.4. The second kappa shape index (κ2) is 7.81. The molecule has 2 aromatic heterocycles. The summed E-state index contributed by atoms with van der Waals surface area (Å²) in [5, 5.41) is 8.06. The van der Waals surface area contributed by atoms with Gasteiger partial charge in [0.05, 0.1) is 11.2 Å². The van der Waals surface area contributed by atoms with E-state index in [4.69, 9.17) is 5.73 Å². The fourth-order valence-electron chi connectivity index (χ4n) is 3.17. The van der Waals surface area contributed by atoms with Gasteiger partial charge in [-0.3, -0.25) is 9.59 Å². The minimum atomic E-state index is -2.34. The number of aromatic nitrogens is 3. The first-order chi connectivity index (χ1) is 14.7. The first kappa shape index (κ1) is 20.5. The number of primary amides is 1. The molecule has 0 saturated carbocycles. The Labute approximate surface area is 178 Å². The maximum atomic E-state index is 12.8. The van der Waals surface area contributed by atoms with E-state index in [1.54, 1.807) is 48.3 Å². The zero-order valence-electron chi connectivity index (χ0n) is 16.9. The second-order valence-corrected chi connectivity index (χ2v) is 10.7. The molecule has 3 N–H and O–H groups in total. The monoisotopic (exact) mass is 433 g/mol. The van der Waals surface area contributed by atoms with Crippen molar-refractivity contribution in [2.24, 2.45) is 5.73 Å². The molecule has 4 rings (SSSR count). The number of hydrogen-bond donors (Lipinski definition) is 2. The van der Waals surface area contributed by atoms with Crippen LogP contribution in [0.2, 0.25) is 0 Å². The van der Waals surface area contributed by atoms with Crippen LogP contribution >= 0.6 is 7.14 Å². The normalized spacial score (nSPS) is 11.4. The Morgan fingerprint density at radius 2 is 1.81 bits per heavy atom. The van der Waals surface area contributed by atoms with Crippen LogP contribution in [0.3, 0.4) is 0 Å². The number of nitrogens with one attached hydrogen (secondary N) is 1. The number of anilines is 1. The molecule has 9 heteroatoms. The van der Waals surface area contributed by atoms with Crippen LogP contribution in [-0.2, 0) is 4.57 Å². The number of nitrogens with zero attached hydrogens (tertiary/aromatic N) is 3. The Bertz CT molecular complexity index is 1360. The minimum absolute atomic E-state index is 0.189. The van der Waals surface area contributed by atoms with Gasteiger partial charge in [-0.05, 0) is 37.6 Å². The lowest BCUT2D eigenvalue weighted by Gasteiger charge is -2.06. The summed E-state index contributed by atoms with van der Waals surface area (Å²) in [5.74, 6) is -1.02. The van der Waals surface area contributed by atoms with Crippen LogP contribution in [0.4, 0.5) is 5.69 Å². The van der Waals surface area contributed by atoms with Gasteiger partial charge in [0.2, 0.25) is 5.91 Å². The van der Waals surface area contributed by atoms with Gasteiger partial charge in [0.15, 0.2) is 5.69 Å². The number of hydrogen-bond acceptors (Lipinski definition) is 5. The summed E-state index contributed by atoms with van der Waals surface area (Å²) < 4.78 is 13.8. The molecule has 0 atom stereocenters. The van der Waals surface area contributed by atoms with Crippen molar-refractivity contribution < 1.29 is 14.2 Å². The molecule has 2 heterocycles. The van der Waals surface area contributed by atoms with Gasteiger partial charge in [0, 0.05) is 34.5 Å². The summed E-state index contributed by atoms with van der Waals surface area (Å²) >= 11 is 0. The molecule has 0 aliphatic heterocycles. The molecular weight excluding hydrogens is 413 g/mol. The van der Waals surface area contributed by atoms with Crippen molar-refractivity contribution in [3.63, 3.8) is 0 Å². The quantitative estimate of drug-likeness (QED) is 0.469. The van der Waals surface area contributed by atoms with E-state index >= 15 is 0 Å². The fraction of sp³-hybridized carbons (Fsp3) is 0.0909. The lowest BCUT2D eigenvalue weighted by molar-refractivity contribution is 0.0995. The second-order valence-electron chi connectivity index (χ2n) is 7.43. The van der Waals surface area contributed by atoms with Crippen molar-refractivity contribution in [1.82, 2.24) is 14.6 Å². The standard InChI is InChI=1S/C22H20N5O3P/c1-31(2,30)17-8-6-14(7-9-17)18-13-19-20(24-10-11-27(19)26-18)22(29)25-16-5-3-4-15(12-16)21(23)28/h3-13H,1-2H3,(H2,23,28)(H,25,29). The number of amides is 2. The lowest BCUT2D eigenvalue weighted by Crippen LogP contribution is -2.16. The average molecular weight is 433 g/mol. The van der Waals surface area contributed by atoms with E-state index in [9.17, 15) is 14.2 Å². The molecule has 31 heavy (non-hydrogen) atoms. The first-order valence-corrected chi connectivity index (χ1v) is 12.0. The molecule has 8 nitrogen and oxygen atoms in total. The maximum Gasteiger partial charge on any atom is 0.276 e. The molecular formula is C22H20N5O3P. The summed E-state index contributed by atoms with van der Waals surface area (Å²) in [5.41, 5.74) is 8.24. The highest BCUT2D eigenvalue weighted by molar-refractivity contribution is 7.70. The van der Waals surface area contributed by atoms with Crippen molar-refractivity contribution in [2.75, 3.05) is 18.6 Å². The van der Waals surface area contributed by atoms with E-state index < -0.39 is 19.0 Å². The molecule has 0 saturated heterocycles. The topological polar surface area (TPSA) is 119 Å². The van der Waals surface area contributed by atoms with Gasteiger partial charge in [-0.15, -0.1) is 0 Å². The third kappa shape index (κ3) is 4.25. The Hall–Kier alpha value is -3.77. The predicted molar refractivity (Wildman–Crippen MR) is 120 cm³/mol. The van der Waals surface area contributed by atoms with Gasteiger partial charge < -0.3 is 15.6 Å². The minimum Gasteiger partial charge on any atom is -0.366 e. The van der Waals surface area contributed by atoms with Gasteiger partial charge >= 0.3 is 0 Å². The van der Waals surface area contributed by atoms with Gasteiger partial charge in [0.25, 0.3) is 5.91 Å². The van der Waals surface area contributed by atoms with Crippen molar-refractivity contribution in [3.8, 4) is 11.3 Å². The van der Waals surface area contributed by atoms with E-state index in [0.717, 1.165) is 10.9 Å². The van der Waals surface area contributed by atoms with Crippen LogP contribution < -0.4 is 16.4 Å². The lowest BCUT2D eigenvalue weighted by atomic mass is 10.1. The molecule has 0 aliphatic carbocycles. The van der Waals surface area contributed by atoms with Crippen LogP contribution in [0.15, 0.2) is 67.0 Å². The van der Waals surface area contributed by atoms with Gasteiger partial charge in [-0.1, -0.05) is 30.3 Å². The number of carbonyl (C=O) groups is 2. The molecule has 0 radical (unpaired) electrons. The number of nitrogens with two attached hydrogens (primary N) is 1. The average Bonchev–Trinajstić information content (AvgIpc) is 3.17. The Balaban J connectivity index is 1.66. The van der Waals surface area contributed by atoms with Crippen molar-refractivity contribution in [1.29, 1.82) is 0 Å². The fourth-order valence-corrected chi connectivity index (χ4v) is 4.04. The molecule has 0 aliphatic rings. The maximum absolute atomic E-state index is 12.8. The predicted octanol–water partition coefficient (Wildman–Crippen LogP) is 3.00. The zero-order chi connectivity index (χ0) is 22.2. The van der Waals surface area contributed by atoms with Crippen LogP contribution in [0.5, 0.6) is 0 Å². The Kier molecular flexibility index (Phi) is 5.17. The smallest absolute Gasteiger partial charge is 0.276 e. The molecule has 0 unspecified atom stereocenters. The van der Waals surface area contributed by atoms with Gasteiger partial charge in [-0.2, -0.15) is 5.10 Å². The van der Waals surface area contributed by atoms with Crippen LogP contribution in [0, 0.1) is 0 Å². The molecule has 4 aromatic rings. The Morgan fingerprint density at radius 3 is 2.48 bits per heavy atom. The van der Waals surface area contributed by atoms with Gasteiger partial charge in [-0.25, -0.2) is 9.50 Å². The van der Waals surface area contributed by atoms with Crippen LogP contribution in [0.1, 0.15) is 20.8 Å². The molecule has 0 bridgehead atoms. The van der Waals surface area contributed by atoms with E-state index in [0.29, 0.717) is 22.5 Å². The number of carbonyl (C=O) groups excluding carboxylic acids is 2. The Morgan fingerprint density at radius 1 is 1.06 bits per heavy atom. The highest BCUT2D eigenvalue weighted by Gasteiger charge is 2.17. The summed E-state index contributed by atoms with van der Waals surface area (Å²) in [6.07, 6.45) is 3.15. The van der Waals surface area contributed by atoms with Crippen molar-refractivity contribution in [2.45, 2.75) is 0 Å². The molecule has 0 spiro atoms. The largest absolute Gasteiger partial charge is 0.366 e. The zero-order valence-corrected chi connectivity index (χ0v) is 17.8. The van der Waals surface area contributed by atoms with Gasteiger partial charge in [0.1, 0.15) is 7.14 Å².